The molecule has 19 heavy (non-hydrogen) atoms. The highest BCUT2D eigenvalue weighted by Gasteiger charge is 2.45. The monoisotopic (exact) mass is 329 g/mol. The summed E-state index contributed by atoms with van der Waals surface area (Å²) in [5, 5.41) is 19.5. The van der Waals surface area contributed by atoms with Crippen LogP contribution in [0.25, 0.3) is 0 Å². The van der Waals surface area contributed by atoms with Crippen LogP contribution in [0.3, 0.4) is 0 Å². The molecular formula is C12H12BrNO5. The van der Waals surface area contributed by atoms with Crippen molar-refractivity contribution >= 4 is 27.6 Å². The lowest BCUT2D eigenvalue weighted by atomic mass is 10.0. The van der Waals surface area contributed by atoms with Crippen LogP contribution in [0.5, 0.6) is 5.75 Å². The highest BCUT2D eigenvalue weighted by Crippen LogP contribution is 2.49. The number of nitro groups is 1. The van der Waals surface area contributed by atoms with Crippen molar-refractivity contribution in [1.82, 2.24) is 0 Å². The molecule has 0 bridgehead atoms. The van der Waals surface area contributed by atoms with E-state index >= 15 is 0 Å². The van der Waals surface area contributed by atoms with Crippen LogP contribution >= 0.6 is 15.9 Å². The van der Waals surface area contributed by atoms with Gasteiger partial charge in [0.2, 0.25) is 0 Å². The summed E-state index contributed by atoms with van der Waals surface area (Å²) in [6.45, 7) is 0.271. The van der Waals surface area contributed by atoms with Crippen LogP contribution in [-0.4, -0.2) is 22.6 Å². The van der Waals surface area contributed by atoms with E-state index in [0.717, 1.165) is 12.8 Å². The molecule has 1 fully saturated rings. The lowest BCUT2D eigenvalue weighted by Crippen LogP contribution is -2.17. The molecule has 0 saturated heterocycles. The van der Waals surface area contributed by atoms with Crippen molar-refractivity contribution < 1.29 is 19.6 Å². The standard InChI is InChI=1S/C12H12BrNO5/c13-8-3-9(14(17)18)5-10(4-8)19-7-12(1-2-12)6-11(15)16/h3-5H,1-2,6-7H2,(H,15,16). The van der Waals surface area contributed by atoms with Crippen LogP contribution in [-0.2, 0) is 4.79 Å². The maximum Gasteiger partial charge on any atom is 0.304 e. The van der Waals surface area contributed by atoms with Crippen LogP contribution < -0.4 is 4.74 Å². The van der Waals surface area contributed by atoms with Crippen molar-refractivity contribution in [2.45, 2.75) is 19.3 Å². The van der Waals surface area contributed by atoms with Gasteiger partial charge in [0.05, 0.1) is 24.0 Å². The van der Waals surface area contributed by atoms with E-state index in [0.29, 0.717) is 10.2 Å². The summed E-state index contributed by atoms with van der Waals surface area (Å²) >= 11 is 3.18. The van der Waals surface area contributed by atoms with E-state index in [-0.39, 0.29) is 24.1 Å². The quantitative estimate of drug-likeness (QED) is 0.640. The highest BCUT2D eigenvalue weighted by atomic mass is 79.9. The second kappa shape index (κ2) is 5.16. The van der Waals surface area contributed by atoms with Gasteiger partial charge in [-0.3, -0.25) is 14.9 Å². The Balaban J connectivity index is 2.04. The molecule has 0 heterocycles. The Labute approximate surface area is 117 Å². The maximum absolute atomic E-state index is 10.7. The maximum atomic E-state index is 10.7. The number of hydrogen-bond acceptors (Lipinski definition) is 4. The summed E-state index contributed by atoms with van der Waals surface area (Å²) < 4.78 is 6.06. The SMILES string of the molecule is O=C(O)CC1(COc2cc(Br)cc([N+](=O)[O-])c2)CC1. The third-order valence-electron chi connectivity index (χ3n) is 3.10. The van der Waals surface area contributed by atoms with Gasteiger partial charge in [-0.25, -0.2) is 0 Å². The Bertz CT molecular complexity index is 527. The number of ether oxygens (including phenoxy) is 1. The molecule has 0 unspecified atom stereocenters. The van der Waals surface area contributed by atoms with Crippen molar-refractivity contribution in [3.63, 3.8) is 0 Å². The summed E-state index contributed by atoms with van der Waals surface area (Å²) in [6.07, 6.45) is 1.70. The number of carboxylic acids is 1. The first kappa shape index (κ1) is 13.8. The van der Waals surface area contributed by atoms with Gasteiger partial charge in [-0.2, -0.15) is 0 Å². The van der Waals surface area contributed by atoms with Gasteiger partial charge >= 0.3 is 5.97 Å². The van der Waals surface area contributed by atoms with E-state index in [9.17, 15) is 14.9 Å². The average molecular weight is 330 g/mol. The second-order valence-corrected chi connectivity index (χ2v) is 5.68. The third kappa shape index (κ3) is 3.66. The van der Waals surface area contributed by atoms with Crippen LogP contribution in [0, 0.1) is 15.5 Å². The molecule has 0 aromatic heterocycles. The van der Waals surface area contributed by atoms with Crippen LogP contribution in [0.4, 0.5) is 5.69 Å². The number of carboxylic acid groups (broad SMARTS) is 1. The fourth-order valence-corrected chi connectivity index (χ4v) is 2.30. The highest BCUT2D eigenvalue weighted by molar-refractivity contribution is 9.10. The minimum Gasteiger partial charge on any atom is -0.493 e. The zero-order valence-corrected chi connectivity index (χ0v) is 11.6. The molecule has 1 aliphatic rings. The fraction of sp³-hybridized carbons (Fsp3) is 0.417. The minimum absolute atomic E-state index is 0.0625. The fourth-order valence-electron chi connectivity index (χ4n) is 1.84. The molecule has 1 aliphatic carbocycles. The number of aliphatic carboxylic acids is 1. The Hall–Kier alpha value is -1.63. The lowest BCUT2D eigenvalue weighted by Gasteiger charge is -2.14. The molecule has 1 aromatic carbocycles. The first-order chi connectivity index (χ1) is 8.90. The van der Waals surface area contributed by atoms with E-state index in [1.165, 1.54) is 12.1 Å². The average Bonchev–Trinajstić information content (AvgIpc) is 3.05. The van der Waals surface area contributed by atoms with Gasteiger partial charge in [0.1, 0.15) is 5.75 Å². The topological polar surface area (TPSA) is 89.7 Å². The first-order valence-electron chi connectivity index (χ1n) is 5.70. The van der Waals surface area contributed by atoms with Gasteiger partial charge in [-0.05, 0) is 18.9 Å². The number of benzene rings is 1. The van der Waals surface area contributed by atoms with Crippen molar-refractivity contribution in [2.75, 3.05) is 6.61 Å². The number of halogens is 1. The molecular weight excluding hydrogens is 318 g/mol. The largest absolute Gasteiger partial charge is 0.493 e. The van der Waals surface area contributed by atoms with Crippen molar-refractivity contribution in [3.8, 4) is 5.75 Å². The van der Waals surface area contributed by atoms with Gasteiger partial charge < -0.3 is 9.84 Å². The number of rotatable bonds is 6. The smallest absolute Gasteiger partial charge is 0.304 e. The second-order valence-electron chi connectivity index (χ2n) is 4.76. The minimum atomic E-state index is -0.846. The molecule has 0 spiro atoms. The predicted octanol–water partition coefficient (Wildman–Crippen LogP) is 2.99. The normalized spacial score (nSPS) is 15.8. The number of carbonyl (C=O) groups is 1. The van der Waals surface area contributed by atoms with E-state index in [4.69, 9.17) is 9.84 Å². The Morgan fingerprint density at radius 2 is 2.16 bits per heavy atom. The van der Waals surface area contributed by atoms with Crippen LogP contribution in [0.2, 0.25) is 0 Å². The number of non-ortho nitro benzene ring substituents is 1. The van der Waals surface area contributed by atoms with Crippen LogP contribution in [0.15, 0.2) is 22.7 Å². The molecule has 0 atom stereocenters. The van der Waals surface area contributed by atoms with Gasteiger partial charge in [-0.1, -0.05) is 15.9 Å². The number of nitrogens with zero attached hydrogens (tertiary/aromatic N) is 1. The van der Waals surface area contributed by atoms with Crippen LogP contribution in [0.1, 0.15) is 19.3 Å². The summed E-state index contributed by atoms with van der Waals surface area (Å²) in [7, 11) is 0. The lowest BCUT2D eigenvalue weighted by molar-refractivity contribution is -0.385. The number of hydrogen-bond donors (Lipinski definition) is 1. The Kier molecular flexibility index (Phi) is 3.75. The molecule has 1 saturated carbocycles. The van der Waals surface area contributed by atoms with Gasteiger partial charge in [0.25, 0.3) is 5.69 Å². The summed E-state index contributed by atoms with van der Waals surface area (Å²) in [4.78, 5) is 20.9. The van der Waals surface area contributed by atoms with Gasteiger partial charge in [0.15, 0.2) is 0 Å². The van der Waals surface area contributed by atoms with Crippen molar-refractivity contribution in [1.29, 1.82) is 0 Å². The third-order valence-corrected chi connectivity index (χ3v) is 3.55. The van der Waals surface area contributed by atoms with Crippen molar-refractivity contribution in [3.05, 3.63) is 32.8 Å². The van der Waals surface area contributed by atoms with E-state index in [2.05, 4.69) is 15.9 Å². The van der Waals surface area contributed by atoms with Gasteiger partial charge in [-0.15, -0.1) is 0 Å². The molecule has 1 aromatic rings. The Morgan fingerprint density at radius 1 is 1.47 bits per heavy atom. The summed E-state index contributed by atoms with van der Waals surface area (Å²) in [5.74, 6) is -0.473. The number of nitro benzene ring substituents is 1. The molecule has 0 aliphatic heterocycles. The van der Waals surface area contributed by atoms with Crippen molar-refractivity contribution in [2.24, 2.45) is 5.41 Å². The molecule has 1 N–H and O–H groups in total. The van der Waals surface area contributed by atoms with Gasteiger partial charge in [0, 0.05) is 16.0 Å². The first-order valence-corrected chi connectivity index (χ1v) is 6.49. The molecule has 7 heteroatoms. The molecule has 2 rings (SSSR count). The van der Waals surface area contributed by atoms with E-state index in [1.807, 2.05) is 0 Å². The molecule has 102 valence electrons. The summed E-state index contributed by atoms with van der Waals surface area (Å²) in [6, 6.07) is 4.35. The summed E-state index contributed by atoms with van der Waals surface area (Å²) in [5.41, 5.74) is -0.365. The zero-order valence-electron chi connectivity index (χ0n) is 9.97. The molecule has 6 nitrogen and oxygen atoms in total. The Morgan fingerprint density at radius 3 is 2.68 bits per heavy atom. The molecule has 0 radical (unpaired) electrons. The van der Waals surface area contributed by atoms with E-state index < -0.39 is 10.9 Å². The molecule has 0 amide bonds. The zero-order chi connectivity index (χ0) is 14.0. The predicted molar refractivity (Wildman–Crippen MR) is 70.2 cm³/mol. The van der Waals surface area contributed by atoms with E-state index in [1.54, 1.807) is 6.07 Å².